The van der Waals surface area contributed by atoms with Crippen molar-refractivity contribution >= 4 is 12.7 Å². The molecule has 0 bridgehead atoms. The van der Waals surface area contributed by atoms with Crippen molar-refractivity contribution in [1.29, 1.82) is 0 Å². The molecule has 0 fully saturated rings. The third-order valence-electron chi connectivity index (χ3n) is 2.54. The molecular formula is C12H21P. The Balaban J connectivity index is 3.34. The minimum atomic E-state index is -0.929. The van der Waals surface area contributed by atoms with Crippen LogP contribution in [0.2, 0.25) is 0 Å². The van der Waals surface area contributed by atoms with Gasteiger partial charge in [0.2, 0.25) is 0 Å². The molecule has 1 aliphatic heterocycles. The zero-order valence-corrected chi connectivity index (χ0v) is 10.6. The van der Waals surface area contributed by atoms with Gasteiger partial charge in [-0.15, -0.1) is 0 Å². The van der Waals surface area contributed by atoms with Crippen LogP contribution in [0.1, 0.15) is 27.7 Å². The highest BCUT2D eigenvalue weighted by Crippen LogP contribution is 2.54. The van der Waals surface area contributed by atoms with Crippen LogP contribution in [-0.2, 0) is 0 Å². The van der Waals surface area contributed by atoms with E-state index >= 15 is 0 Å². The van der Waals surface area contributed by atoms with Gasteiger partial charge >= 0.3 is 0 Å². The summed E-state index contributed by atoms with van der Waals surface area (Å²) in [6, 6.07) is 0. The van der Waals surface area contributed by atoms with Crippen LogP contribution in [0, 0.1) is 5.92 Å². The Morgan fingerprint density at radius 2 is 1.69 bits per heavy atom. The zero-order chi connectivity index (χ0) is 10.2. The highest BCUT2D eigenvalue weighted by molar-refractivity contribution is 7.77. The summed E-state index contributed by atoms with van der Waals surface area (Å²) in [5, 5.41) is 1.69. The summed E-state index contributed by atoms with van der Waals surface area (Å²) in [7, 11) is 0. The van der Waals surface area contributed by atoms with Crippen molar-refractivity contribution in [3.8, 4) is 0 Å². The molecule has 0 aromatic heterocycles. The largest absolute Gasteiger partial charge is 0.0865 e. The molecule has 0 radical (unpaired) electrons. The van der Waals surface area contributed by atoms with Crippen LogP contribution in [-0.4, -0.2) is 19.1 Å². The molecule has 0 aromatic rings. The number of rotatable bonds is 1. The predicted octanol–water partition coefficient (Wildman–Crippen LogP) is 3.96. The standard InChI is InChI=1S/C12H21P/c1-9(2)12-11(4)7-10(3)8-13(12,5)6/h7-9H,1-6H3. The maximum atomic E-state index is 2.48. The van der Waals surface area contributed by atoms with Gasteiger partial charge in [0.05, 0.1) is 0 Å². The maximum Gasteiger partial charge on any atom is -0.0212 e. The molecule has 13 heavy (non-hydrogen) atoms. The fraction of sp³-hybridized carbons (Fsp3) is 0.583. The third kappa shape index (κ3) is 2.17. The van der Waals surface area contributed by atoms with E-state index in [0.29, 0.717) is 5.92 Å². The van der Waals surface area contributed by atoms with Gasteiger partial charge in [0, 0.05) is 0 Å². The minimum absolute atomic E-state index is 0.698. The van der Waals surface area contributed by atoms with Crippen LogP contribution >= 0.6 is 6.89 Å². The molecule has 0 spiro atoms. The maximum absolute atomic E-state index is 2.48. The van der Waals surface area contributed by atoms with Gasteiger partial charge in [-0.05, 0) is 44.0 Å². The summed E-state index contributed by atoms with van der Waals surface area (Å²) in [6.45, 7) is 13.0. The van der Waals surface area contributed by atoms with E-state index < -0.39 is 6.89 Å². The van der Waals surface area contributed by atoms with Crippen LogP contribution in [0.25, 0.3) is 0 Å². The normalized spacial score (nSPS) is 21.6. The molecule has 0 amide bonds. The zero-order valence-electron chi connectivity index (χ0n) is 9.68. The molecule has 1 heteroatoms. The van der Waals surface area contributed by atoms with Crippen molar-refractivity contribution in [2.24, 2.45) is 5.92 Å². The fourth-order valence-corrected chi connectivity index (χ4v) is 6.14. The van der Waals surface area contributed by atoms with Gasteiger partial charge in [0.1, 0.15) is 0 Å². The first kappa shape index (κ1) is 10.9. The lowest BCUT2D eigenvalue weighted by Crippen LogP contribution is -2.04. The number of allylic oxidation sites excluding steroid dienone is 4. The lowest BCUT2D eigenvalue weighted by molar-refractivity contribution is 0.805. The van der Waals surface area contributed by atoms with Gasteiger partial charge in [0.15, 0.2) is 0 Å². The van der Waals surface area contributed by atoms with E-state index in [1.165, 1.54) is 11.1 Å². The molecule has 0 unspecified atom stereocenters. The molecule has 0 atom stereocenters. The van der Waals surface area contributed by atoms with Gasteiger partial charge in [-0.25, -0.2) is 0 Å². The first-order chi connectivity index (χ1) is 5.84. The Hall–Kier alpha value is -0.220. The first-order valence-electron chi connectivity index (χ1n) is 4.94. The van der Waals surface area contributed by atoms with E-state index in [-0.39, 0.29) is 0 Å². The molecule has 0 saturated carbocycles. The second-order valence-electron chi connectivity index (χ2n) is 4.78. The Morgan fingerprint density at radius 3 is 2.08 bits per heavy atom. The summed E-state index contributed by atoms with van der Waals surface area (Å²) in [5.74, 6) is 3.18. The van der Waals surface area contributed by atoms with E-state index in [1.807, 2.05) is 0 Å². The van der Waals surface area contributed by atoms with E-state index in [2.05, 4.69) is 52.9 Å². The molecule has 0 aromatic carbocycles. The highest BCUT2D eigenvalue weighted by Gasteiger charge is 2.19. The van der Waals surface area contributed by atoms with Crippen molar-refractivity contribution in [3.05, 3.63) is 22.5 Å². The van der Waals surface area contributed by atoms with E-state index in [0.717, 1.165) is 0 Å². The quantitative estimate of drug-likeness (QED) is 0.557. The predicted molar refractivity (Wildman–Crippen MR) is 66.1 cm³/mol. The molecule has 0 saturated heterocycles. The molecule has 1 rings (SSSR count). The van der Waals surface area contributed by atoms with Crippen LogP contribution in [0.15, 0.2) is 22.5 Å². The Bertz CT molecular complexity index is 321. The molecule has 1 heterocycles. The Kier molecular flexibility index (Phi) is 2.92. The lowest BCUT2D eigenvalue weighted by atomic mass is 10.1. The van der Waals surface area contributed by atoms with Crippen molar-refractivity contribution in [1.82, 2.24) is 0 Å². The van der Waals surface area contributed by atoms with Crippen LogP contribution in [0.3, 0.4) is 0 Å². The highest BCUT2D eigenvalue weighted by atomic mass is 31.2. The SMILES string of the molecule is CC1=CC(C)=C(C(C)C)P(C)(C)=C1. The van der Waals surface area contributed by atoms with E-state index in [1.54, 1.807) is 5.31 Å². The number of hydrogen-bond acceptors (Lipinski definition) is 0. The van der Waals surface area contributed by atoms with Gasteiger partial charge in [-0.3, -0.25) is 0 Å². The Morgan fingerprint density at radius 1 is 1.15 bits per heavy atom. The average Bonchev–Trinajstić information content (AvgIpc) is 1.78. The van der Waals surface area contributed by atoms with Gasteiger partial charge in [0.25, 0.3) is 0 Å². The van der Waals surface area contributed by atoms with Crippen molar-refractivity contribution in [2.75, 3.05) is 13.3 Å². The average molecular weight is 196 g/mol. The minimum Gasteiger partial charge on any atom is -0.0865 e. The summed E-state index contributed by atoms with van der Waals surface area (Å²) >= 11 is 0. The van der Waals surface area contributed by atoms with Gasteiger partial charge in [-0.1, -0.05) is 38.2 Å². The van der Waals surface area contributed by atoms with E-state index in [9.17, 15) is 0 Å². The lowest BCUT2D eigenvalue weighted by Gasteiger charge is -2.29. The first-order valence-corrected chi connectivity index (χ1v) is 7.69. The summed E-state index contributed by atoms with van der Waals surface area (Å²) in [6.07, 6.45) is 2.32. The fourth-order valence-electron chi connectivity index (χ4n) is 2.61. The topological polar surface area (TPSA) is 0 Å². The van der Waals surface area contributed by atoms with Gasteiger partial charge in [-0.2, -0.15) is 0 Å². The van der Waals surface area contributed by atoms with Crippen molar-refractivity contribution in [3.63, 3.8) is 0 Å². The molecule has 74 valence electrons. The van der Waals surface area contributed by atoms with Crippen LogP contribution in [0.4, 0.5) is 0 Å². The summed E-state index contributed by atoms with van der Waals surface area (Å²) < 4.78 is 0. The molecule has 0 nitrogen and oxygen atoms in total. The molecule has 1 aliphatic rings. The summed E-state index contributed by atoms with van der Waals surface area (Å²) in [4.78, 5) is 0. The second-order valence-corrected chi connectivity index (χ2v) is 8.60. The Labute approximate surface area is 82.7 Å². The third-order valence-corrected chi connectivity index (χ3v) is 5.71. The van der Waals surface area contributed by atoms with Crippen LogP contribution < -0.4 is 0 Å². The van der Waals surface area contributed by atoms with E-state index in [4.69, 9.17) is 0 Å². The molecule has 0 aliphatic carbocycles. The second kappa shape index (κ2) is 3.50. The van der Waals surface area contributed by atoms with Crippen molar-refractivity contribution < 1.29 is 0 Å². The molecule has 0 N–H and O–H groups in total. The van der Waals surface area contributed by atoms with Crippen molar-refractivity contribution in [2.45, 2.75) is 27.7 Å². The monoisotopic (exact) mass is 196 g/mol. The summed E-state index contributed by atoms with van der Waals surface area (Å²) in [5.41, 5.74) is 2.95. The smallest absolute Gasteiger partial charge is 0.0212 e. The number of hydrogen-bond donors (Lipinski definition) is 0. The molecular weight excluding hydrogens is 175 g/mol. The van der Waals surface area contributed by atoms with Gasteiger partial charge < -0.3 is 0 Å². The van der Waals surface area contributed by atoms with Crippen LogP contribution in [0.5, 0.6) is 0 Å².